The molecule has 1 aromatic heterocycles. The first-order valence-corrected chi connectivity index (χ1v) is 7.14. The van der Waals surface area contributed by atoms with Crippen molar-refractivity contribution in [3.63, 3.8) is 0 Å². The van der Waals surface area contributed by atoms with Crippen molar-refractivity contribution >= 4 is 18.0 Å². The molecule has 0 radical (unpaired) electrons. The quantitative estimate of drug-likeness (QED) is 0.857. The second-order valence-corrected chi connectivity index (χ2v) is 7.05. The number of aromatic nitrogens is 2. The number of anilines is 1. The summed E-state index contributed by atoms with van der Waals surface area (Å²) in [5, 5.41) is 17.2. The molecule has 22 heavy (non-hydrogen) atoms. The number of ether oxygens (including phenoxy) is 1. The standard InChI is InChI=1S/C15H21N3O4/c1-14(2,3)22-13(21)18(12(19)20)11-10-9(8-16-17-11)6-7-15(10,4)5/h8H,6-7H2,1-5H3,(H,19,20). The average Bonchev–Trinajstić information content (AvgIpc) is 2.63. The molecule has 7 nitrogen and oxygen atoms in total. The maximum atomic E-state index is 12.3. The molecular weight excluding hydrogens is 286 g/mol. The SMILES string of the molecule is CC(C)(C)OC(=O)N(C(=O)O)c1nncc2c1C(C)(C)CC2. The van der Waals surface area contributed by atoms with E-state index < -0.39 is 17.8 Å². The van der Waals surface area contributed by atoms with Crippen molar-refractivity contribution in [2.75, 3.05) is 4.90 Å². The minimum absolute atomic E-state index is 0.0433. The summed E-state index contributed by atoms with van der Waals surface area (Å²) in [6, 6.07) is 0. The van der Waals surface area contributed by atoms with Gasteiger partial charge in [0.15, 0.2) is 5.82 Å². The first-order valence-electron chi connectivity index (χ1n) is 7.14. The van der Waals surface area contributed by atoms with E-state index in [2.05, 4.69) is 10.2 Å². The van der Waals surface area contributed by atoms with Gasteiger partial charge in [-0.2, -0.15) is 10.00 Å². The van der Waals surface area contributed by atoms with Crippen molar-refractivity contribution in [1.29, 1.82) is 0 Å². The summed E-state index contributed by atoms with van der Waals surface area (Å²) in [4.78, 5) is 24.4. The monoisotopic (exact) mass is 307 g/mol. The van der Waals surface area contributed by atoms with Gasteiger partial charge in [0.2, 0.25) is 0 Å². The molecule has 2 amide bonds. The summed E-state index contributed by atoms with van der Waals surface area (Å²) in [7, 11) is 0. The molecule has 1 aromatic rings. The minimum atomic E-state index is -1.43. The maximum Gasteiger partial charge on any atom is 0.425 e. The van der Waals surface area contributed by atoms with Gasteiger partial charge in [-0.25, -0.2) is 9.59 Å². The molecule has 7 heteroatoms. The first-order chi connectivity index (χ1) is 10.0. The zero-order valence-electron chi connectivity index (χ0n) is 13.5. The van der Waals surface area contributed by atoms with Crippen LogP contribution < -0.4 is 4.90 Å². The molecule has 1 N–H and O–H groups in total. The van der Waals surface area contributed by atoms with Gasteiger partial charge in [0, 0.05) is 5.56 Å². The Morgan fingerprint density at radius 1 is 1.36 bits per heavy atom. The van der Waals surface area contributed by atoms with Gasteiger partial charge in [-0.1, -0.05) is 13.8 Å². The molecule has 0 aromatic carbocycles. The fourth-order valence-corrected chi connectivity index (χ4v) is 2.63. The minimum Gasteiger partial charge on any atom is -0.464 e. The van der Waals surface area contributed by atoms with Crippen LogP contribution in [0, 0.1) is 0 Å². The number of aryl methyl sites for hydroxylation is 1. The number of imide groups is 1. The lowest BCUT2D eigenvalue weighted by molar-refractivity contribution is 0.0580. The van der Waals surface area contributed by atoms with E-state index in [1.165, 1.54) is 0 Å². The van der Waals surface area contributed by atoms with Gasteiger partial charge in [-0.3, -0.25) is 0 Å². The third-order valence-corrected chi connectivity index (χ3v) is 3.59. The summed E-state index contributed by atoms with van der Waals surface area (Å²) in [5.41, 5.74) is 0.600. The Morgan fingerprint density at radius 2 is 2.00 bits per heavy atom. The Balaban J connectivity index is 2.50. The zero-order chi connectivity index (χ0) is 16.7. The number of rotatable bonds is 1. The van der Waals surface area contributed by atoms with Crippen LogP contribution in [-0.4, -0.2) is 33.1 Å². The van der Waals surface area contributed by atoms with Crippen LogP contribution in [0.15, 0.2) is 6.20 Å². The fraction of sp³-hybridized carbons (Fsp3) is 0.600. The van der Waals surface area contributed by atoms with Crippen molar-refractivity contribution in [1.82, 2.24) is 10.2 Å². The van der Waals surface area contributed by atoms with Crippen LogP contribution in [0.4, 0.5) is 15.4 Å². The van der Waals surface area contributed by atoms with Gasteiger partial charge in [0.25, 0.3) is 0 Å². The first kappa shape index (κ1) is 16.2. The van der Waals surface area contributed by atoms with E-state index in [0.717, 1.165) is 24.0 Å². The van der Waals surface area contributed by atoms with E-state index in [-0.39, 0.29) is 11.2 Å². The number of carboxylic acid groups (broad SMARTS) is 1. The number of amides is 2. The molecule has 1 aliphatic rings. The third kappa shape index (κ3) is 3.03. The van der Waals surface area contributed by atoms with Crippen LogP contribution in [0.2, 0.25) is 0 Å². The van der Waals surface area contributed by atoms with E-state index in [9.17, 15) is 14.7 Å². The number of fused-ring (bicyclic) bond motifs is 1. The molecule has 0 spiro atoms. The molecule has 0 aliphatic heterocycles. The predicted octanol–water partition coefficient (Wildman–Crippen LogP) is 3.12. The fourth-order valence-electron chi connectivity index (χ4n) is 2.63. The second kappa shape index (κ2) is 5.23. The van der Waals surface area contributed by atoms with Crippen molar-refractivity contribution in [2.45, 2.75) is 58.5 Å². The highest BCUT2D eigenvalue weighted by Gasteiger charge is 2.39. The average molecular weight is 307 g/mol. The van der Waals surface area contributed by atoms with E-state index in [1.807, 2.05) is 13.8 Å². The summed E-state index contributed by atoms with van der Waals surface area (Å²) in [6.07, 6.45) is 0.866. The van der Waals surface area contributed by atoms with Gasteiger partial charge in [0.05, 0.1) is 6.20 Å². The Bertz CT molecular complexity index is 620. The van der Waals surface area contributed by atoms with Crippen molar-refractivity contribution in [3.8, 4) is 0 Å². The van der Waals surface area contributed by atoms with Crippen LogP contribution in [0.5, 0.6) is 0 Å². The van der Waals surface area contributed by atoms with Gasteiger partial charge in [0.1, 0.15) is 5.60 Å². The Hall–Kier alpha value is -2.18. The van der Waals surface area contributed by atoms with Crippen LogP contribution in [-0.2, 0) is 16.6 Å². The van der Waals surface area contributed by atoms with Gasteiger partial charge >= 0.3 is 12.2 Å². The molecule has 0 fully saturated rings. The van der Waals surface area contributed by atoms with Gasteiger partial charge < -0.3 is 9.84 Å². The molecule has 1 aliphatic carbocycles. The molecule has 0 unspecified atom stereocenters. The van der Waals surface area contributed by atoms with Crippen LogP contribution in [0.25, 0.3) is 0 Å². The summed E-state index contributed by atoms with van der Waals surface area (Å²) < 4.78 is 5.18. The van der Waals surface area contributed by atoms with Crippen molar-refractivity contribution in [3.05, 3.63) is 17.3 Å². The zero-order valence-corrected chi connectivity index (χ0v) is 13.5. The predicted molar refractivity (Wildman–Crippen MR) is 80.1 cm³/mol. The van der Waals surface area contributed by atoms with Crippen LogP contribution in [0.1, 0.15) is 52.2 Å². The van der Waals surface area contributed by atoms with E-state index in [0.29, 0.717) is 4.90 Å². The van der Waals surface area contributed by atoms with Crippen LogP contribution in [0.3, 0.4) is 0 Å². The molecule has 0 bridgehead atoms. The lowest BCUT2D eigenvalue weighted by atomic mass is 9.87. The van der Waals surface area contributed by atoms with Crippen molar-refractivity contribution < 1.29 is 19.4 Å². The van der Waals surface area contributed by atoms with E-state index in [1.54, 1.807) is 27.0 Å². The van der Waals surface area contributed by atoms with E-state index >= 15 is 0 Å². The topological polar surface area (TPSA) is 92.6 Å². The van der Waals surface area contributed by atoms with E-state index in [4.69, 9.17) is 4.74 Å². The van der Waals surface area contributed by atoms with Gasteiger partial charge in [-0.15, -0.1) is 5.10 Å². The molecular formula is C15H21N3O4. The third-order valence-electron chi connectivity index (χ3n) is 3.59. The maximum absolute atomic E-state index is 12.3. The summed E-state index contributed by atoms with van der Waals surface area (Å²) in [5.74, 6) is 0.0433. The number of carbonyl (C=O) groups excluding carboxylic acids is 1. The highest BCUT2D eigenvalue weighted by Crippen LogP contribution is 2.42. The molecule has 2 rings (SSSR count). The molecule has 0 atom stereocenters. The number of hydrogen-bond acceptors (Lipinski definition) is 5. The molecule has 0 saturated heterocycles. The molecule has 120 valence electrons. The van der Waals surface area contributed by atoms with Crippen molar-refractivity contribution in [2.24, 2.45) is 0 Å². The highest BCUT2D eigenvalue weighted by molar-refractivity contribution is 6.08. The lowest BCUT2D eigenvalue weighted by Crippen LogP contribution is -2.42. The molecule has 1 heterocycles. The lowest BCUT2D eigenvalue weighted by Gasteiger charge is -2.27. The Labute approximate surface area is 129 Å². The second-order valence-electron chi connectivity index (χ2n) is 7.05. The largest absolute Gasteiger partial charge is 0.464 e. The molecule has 0 saturated carbocycles. The Kier molecular flexibility index (Phi) is 3.85. The smallest absolute Gasteiger partial charge is 0.425 e. The summed E-state index contributed by atoms with van der Waals surface area (Å²) in [6.45, 7) is 9.03. The van der Waals surface area contributed by atoms with Gasteiger partial charge in [-0.05, 0) is 44.6 Å². The normalized spacial score (nSPS) is 16.0. The number of nitrogens with zero attached hydrogens (tertiary/aromatic N) is 3. The number of hydrogen-bond donors (Lipinski definition) is 1. The Morgan fingerprint density at radius 3 is 2.55 bits per heavy atom. The van der Waals surface area contributed by atoms with Crippen LogP contribution >= 0.6 is 0 Å². The number of carbonyl (C=O) groups is 2. The summed E-state index contributed by atoms with van der Waals surface area (Å²) >= 11 is 0. The highest BCUT2D eigenvalue weighted by atomic mass is 16.6.